The highest BCUT2D eigenvalue weighted by Crippen LogP contribution is 2.26. The average Bonchev–Trinajstić information content (AvgIpc) is 2.80. The number of aromatic nitrogens is 2. The van der Waals surface area contributed by atoms with Crippen LogP contribution in [-0.2, 0) is 12.8 Å². The van der Waals surface area contributed by atoms with E-state index in [2.05, 4.69) is 9.97 Å². The van der Waals surface area contributed by atoms with Gasteiger partial charge in [-0.3, -0.25) is 0 Å². The fourth-order valence-corrected chi connectivity index (χ4v) is 2.44. The number of benzene rings is 2. The van der Waals surface area contributed by atoms with Crippen LogP contribution in [0.1, 0.15) is 11.4 Å². The Morgan fingerprint density at radius 1 is 1.00 bits per heavy atom. The van der Waals surface area contributed by atoms with Crippen LogP contribution in [0.3, 0.4) is 0 Å². The standard InChI is InChI=1S/C15H13Cl2N3/c16-11-7-13-14(8-12(11)17)20-15(19-13)6-3-9-1-4-10(18)5-2-9/h1-2,4-5,7-8H,3,6,18H2,(H,19,20). The zero-order valence-electron chi connectivity index (χ0n) is 10.7. The summed E-state index contributed by atoms with van der Waals surface area (Å²) in [5, 5.41) is 1.06. The van der Waals surface area contributed by atoms with Crippen LogP contribution in [0.2, 0.25) is 10.0 Å². The van der Waals surface area contributed by atoms with Crippen LogP contribution in [-0.4, -0.2) is 9.97 Å². The predicted molar refractivity (Wildman–Crippen MR) is 84.4 cm³/mol. The van der Waals surface area contributed by atoms with Gasteiger partial charge in [0.25, 0.3) is 0 Å². The van der Waals surface area contributed by atoms with Crippen molar-refractivity contribution in [2.45, 2.75) is 12.8 Å². The first-order valence-corrected chi connectivity index (χ1v) is 7.05. The quantitative estimate of drug-likeness (QED) is 0.711. The Balaban J connectivity index is 1.79. The summed E-state index contributed by atoms with van der Waals surface area (Å²) >= 11 is 12.0. The first-order valence-electron chi connectivity index (χ1n) is 6.30. The van der Waals surface area contributed by atoms with Gasteiger partial charge in [-0.05, 0) is 36.2 Å². The van der Waals surface area contributed by atoms with Crippen molar-refractivity contribution in [3.05, 3.63) is 57.8 Å². The lowest BCUT2D eigenvalue weighted by Gasteiger charge is -1.99. The van der Waals surface area contributed by atoms with Crippen LogP contribution in [0.15, 0.2) is 36.4 Å². The summed E-state index contributed by atoms with van der Waals surface area (Å²) in [4.78, 5) is 7.79. The highest BCUT2D eigenvalue weighted by Gasteiger charge is 2.06. The molecule has 0 fully saturated rings. The first kappa shape index (κ1) is 13.3. The van der Waals surface area contributed by atoms with Crippen LogP contribution in [0.25, 0.3) is 11.0 Å². The molecule has 0 unspecified atom stereocenters. The third kappa shape index (κ3) is 2.74. The summed E-state index contributed by atoms with van der Waals surface area (Å²) < 4.78 is 0. The van der Waals surface area contributed by atoms with Crippen LogP contribution in [0, 0.1) is 0 Å². The SMILES string of the molecule is Nc1ccc(CCc2nc3cc(Cl)c(Cl)cc3[nH]2)cc1. The third-order valence-electron chi connectivity index (χ3n) is 3.20. The van der Waals surface area contributed by atoms with Crippen LogP contribution in [0.5, 0.6) is 0 Å². The van der Waals surface area contributed by atoms with Crippen LogP contribution >= 0.6 is 23.2 Å². The van der Waals surface area contributed by atoms with Gasteiger partial charge in [-0.2, -0.15) is 0 Å². The molecule has 0 saturated carbocycles. The number of H-pyrrole nitrogens is 1. The fourth-order valence-electron chi connectivity index (χ4n) is 2.12. The smallest absolute Gasteiger partial charge is 0.107 e. The van der Waals surface area contributed by atoms with E-state index < -0.39 is 0 Å². The van der Waals surface area contributed by atoms with E-state index >= 15 is 0 Å². The molecule has 20 heavy (non-hydrogen) atoms. The number of nitrogen functional groups attached to an aromatic ring is 1. The second-order valence-electron chi connectivity index (χ2n) is 4.71. The lowest BCUT2D eigenvalue weighted by atomic mass is 10.1. The Morgan fingerprint density at radius 3 is 2.45 bits per heavy atom. The van der Waals surface area contributed by atoms with Crippen molar-refractivity contribution in [1.29, 1.82) is 0 Å². The Morgan fingerprint density at radius 2 is 1.70 bits per heavy atom. The van der Waals surface area contributed by atoms with Gasteiger partial charge in [0.2, 0.25) is 0 Å². The van der Waals surface area contributed by atoms with Gasteiger partial charge in [0.05, 0.1) is 21.1 Å². The van der Waals surface area contributed by atoms with Crippen LogP contribution < -0.4 is 5.73 Å². The van der Waals surface area contributed by atoms with E-state index in [1.54, 1.807) is 12.1 Å². The van der Waals surface area contributed by atoms with Crippen molar-refractivity contribution >= 4 is 39.9 Å². The molecular formula is C15H13Cl2N3. The normalized spacial score (nSPS) is 11.1. The number of nitrogens with one attached hydrogen (secondary N) is 1. The lowest BCUT2D eigenvalue weighted by molar-refractivity contribution is 0.890. The topological polar surface area (TPSA) is 54.7 Å². The highest BCUT2D eigenvalue weighted by molar-refractivity contribution is 6.42. The Hall–Kier alpha value is -1.71. The van der Waals surface area contributed by atoms with E-state index in [-0.39, 0.29) is 0 Å². The minimum absolute atomic E-state index is 0.524. The van der Waals surface area contributed by atoms with Gasteiger partial charge in [-0.1, -0.05) is 35.3 Å². The van der Waals surface area contributed by atoms with E-state index in [0.29, 0.717) is 10.0 Å². The number of anilines is 1. The molecule has 2 aromatic carbocycles. The molecule has 0 aliphatic heterocycles. The highest BCUT2D eigenvalue weighted by atomic mass is 35.5. The van der Waals surface area contributed by atoms with Gasteiger partial charge in [0.15, 0.2) is 0 Å². The minimum Gasteiger partial charge on any atom is -0.399 e. The molecule has 0 saturated heterocycles. The number of aryl methyl sites for hydroxylation is 2. The number of aromatic amines is 1. The second-order valence-corrected chi connectivity index (χ2v) is 5.52. The van der Waals surface area contributed by atoms with E-state index in [1.807, 2.05) is 24.3 Å². The molecule has 3 N–H and O–H groups in total. The van der Waals surface area contributed by atoms with E-state index in [0.717, 1.165) is 35.4 Å². The lowest BCUT2D eigenvalue weighted by Crippen LogP contribution is -1.94. The molecule has 5 heteroatoms. The van der Waals surface area contributed by atoms with Gasteiger partial charge in [-0.15, -0.1) is 0 Å². The van der Waals surface area contributed by atoms with Gasteiger partial charge in [0, 0.05) is 12.1 Å². The molecular weight excluding hydrogens is 293 g/mol. The maximum atomic E-state index is 5.99. The maximum Gasteiger partial charge on any atom is 0.107 e. The summed E-state index contributed by atoms with van der Waals surface area (Å²) in [6, 6.07) is 11.5. The number of fused-ring (bicyclic) bond motifs is 1. The zero-order valence-corrected chi connectivity index (χ0v) is 12.2. The second kappa shape index (κ2) is 5.35. The van der Waals surface area contributed by atoms with E-state index in [4.69, 9.17) is 28.9 Å². The van der Waals surface area contributed by atoms with Crippen molar-refractivity contribution in [2.24, 2.45) is 0 Å². The molecule has 1 heterocycles. The predicted octanol–water partition coefficient (Wildman–Crippen LogP) is 4.24. The van der Waals surface area contributed by atoms with Gasteiger partial charge >= 0.3 is 0 Å². The molecule has 3 nitrogen and oxygen atoms in total. The maximum absolute atomic E-state index is 5.99. The summed E-state index contributed by atoms with van der Waals surface area (Å²) in [5.41, 5.74) is 9.43. The molecule has 0 bridgehead atoms. The first-order chi connectivity index (χ1) is 9.61. The number of rotatable bonds is 3. The monoisotopic (exact) mass is 305 g/mol. The number of nitrogens with two attached hydrogens (primary N) is 1. The van der Waals surface area contributed by atoms with E-state index in [1.165, 1.54) is 5.56 Å². The zero-order chi connectivity index (χ0) is 14.1. The van der Waals surface area contributed by atoms with E-state index in [9.17, 15) is 0 Å². The molecule has 0 radical (unpaired) electrons. The molecule has 102 valence electrons. The fraction of sp³-hybridized carbons (Fsp3) is 0.133. The van der Waals surface area contributed by atoms with Crippen molar-refractivity contribution in [1.82, 2.24) is 9.97 Å². The Kier molecular flexibility index (Phi) is 3.55. The molecule has 3 rings (SSSR count). The Bertz CT molecular complexity index is 709. The number of hydrogen-bond acceptors (Lipinski definition) is 2. The van der Waals surface area contributed by atoms with Crippen molar-refractivity contribution < 1.29 is 0 Å². The Labute approximate surface area is 126 Å². The summed E-state index contributed by atoms with van der Waals surface area (Å²) in [5.74, 6) is 0.926. The van der Waals surface area contributed by atoms with Crippen molar-refractivity contribution in [2.75, 3.05) is 5.73 Å². The molecule has 1 aromatic heterocycles. The molecule has 0 spiro atoms. The summed E-state index contributed by atoms with van der Waals surface area (Å²) in [6.45, 7) is 0. The number of imidazole rings is 1. The van der Waals surface area contributed by atoms with Gasteiger partial charge in [0.1, 0.15) is 5.82 Å². The largest absolute Gasteiger partial charge is 0.399 e. The summed E-state index contributed by atoms with van der Waals surface area (Å²) in [6.07, 6.45) is 1.73. The number of halogens is 2. The summed E-state index contributed by atoms with van der Waals surface area (Å²) in [7, 11) is 0. The molecule has 0 aliphatic rings. The van der Waals surface area contributed by atoms with Gasteiger partial charge < -0.3 is 10.7 Å². The average molecular weight is 306 g/mol. The number of nitrogens with zero attached hydrogens (tertiary/aromatic N) is 1. The van der Waals surface area contributed by atoms with Crippen molar-refractivity contribution in [3.8, 4) is 0 Å². The molecule has 0 amide bonds. The molecule has 0 atom stereocenters. The molecule has 0 aliphatic carbocycles. The van der Waals surface area contributed by atoms with Gasteiger partial charge in [-0.25, -0.2) is 4.98 Å². The third-order valence-corrected chi connectivity index (χ3v) is 3.93. The number of hydrogen-bond donors (Lipinski definition) is 2. The van der Waals surface area contributed by atoms with Crippen LogP contribution in [0.4, 0.5) is 5.69 Å². The van der Waals surface area contributed by atoms with Crippen molar-refractivity contribution in [3.63, 3.8) is 0 Å². The minimum atomic E-state index is 0.524. The molecule has 3 aromatic rings.